The first kappa shape index (κ1) is 24.3. The third kappa shape index (κ3) is 7.61. The van der Waals surface area contributed by atoms with Crippen LogP contribution in [0.3, 0.4) is 0 Å². The average Bonchev–Trinajstić information content (AvgIpc) is 3.29. The molecular weight excluding hydrogens is 420 g/mol. The maximum atomic E-state index is 12.4. The van der Waals surface area contributed by atoms with Crippen molar-refractivity contribution in [2.24, 2.45) is 5.41 Å². The van der Waals surface area contributed by atoms with E-state index in [0.717, 1.165) is 19.4 Å². The van der Waals surface area contributed by atoms with Gasteiger partial charge in [-0.2, -0.15) is 0 Å². The van der Waals surface area contributed by atoms with E-state index in [0.29, 0.717) is 29.2 Å². The Morgan fingerprint density at radius 3 is 2.36 bits per heavy atom. The van der Waals surface area contributed by atoms with E-state index in [9.17, 15) is 14.4 Å². The van der Waals surface area contributed by atoms with Gasteiger partial charge in [-0.15, -0.1) is 0 Å². The van der Waals surface area contributed by atoms with Crippen molar-refractivity contribution in [3.05, 3.63) is 54.1 Å². The summed E-state index contributed by atoms with van der Waals surface area (Å²) in [5, 5.41) is 11.6. The summed E-state index contributed by atoms with van der Waals surface area (Å²) in [4.78, 5) is 37.0. The number of carbonyl (C=O) groups excluding carboxylic acids is 3. The lowest BCUT2D eigenvalue weighted by Gasteiger charge is -2.18. The van der Waals surface area contributed by atoms with Crippen molar-refractivity contribution in [1.82, 2.24) is 5.32 Å². The zero-order chi connectivity index (χ0) is 23.8. The molecule has 1 aliphatic heterocycles. The largest absolute Gasteiger partial charge is 0.376 e. The van der Waals surface area contributed by atoms with Crippen LogP contribution in [0.4, 0.5) is 17.1 Å². The second-order valence-electron chi connectivity index (χ2n) is 9.11. The van der Waals surface area contributed by atoms with Gasteiger partial charge in [0.2, 0.25) is 11.8 Å². The predicted octanol–water partition coefficient (Wildman–Crippen LogP) is 3.63. The Morgan fingerprint density at radius 2 is 1.67 bits per heavy atom. The zero-order valence-corrected chi connectivity index (χ0v) is 19.4. The molecule has 1 fully saturated rings. The van der Waals surface area contributed by atoms with E-state index >= 15 is 0 Å². The number of rotatable bonds is 8. The Kier molecular flexibility index (Phi) is 8.06. The van der Waals surface area contributed by atoms with Gasteiger partial charge in [-0.05, 0) is 49.2 Å². The van der Waals surface area contributed by atoms with E-state index in [1.165, 1.54) is 0 Å². The number of carbonyl (C=O) groups is 3. The minimum absolute atomic E-state index is 0.0273. The number of hydrogen-bond donors (Lipinski definition) is 4. The molecule has 3 rings (SSSR count). The van der Waals surface area contributed by atoms with Crippen molar-refractivity contribution in [1.29, 1.82) is 0 Å². The molecule has 1 atom stereocenters. The number of amides is 3. The lowest BCUT2D eigenvalue weighted by Crippen LogP contribution is -2.31. The molecule has 0 radical (unpaired) electrons. The first-order chi connectivity index (χ1) is 15.7. The maximum Gasteiger partial charge on any atom is 0.251 e. The fraction of sp³-hybridized carbons (Fsp3) is 0.400. The monoisotopic (exact) mass is 452 g/mol. The maximum absolute atomic E-state index is 12.4. The molecular formula is C25H32N4O4. The molecule has 0 aromatic heterocycles. The minimum atomic E-state index is -0.515. The van der Waals surface area contributed by atoms with Crippen molar-refractivity contribution in [2.45, 2.75) is 39.7 Å². The molecule has 0 saturated carbocycles. The second kappa shape index (κ2) is 11.0. The van der Waals surface area contributed by atoms with Crippen molar-refractivity contribution in [3.8, 4) is 0 Å². The molecule has 1 aliphatic rings. The van der Waals surface area contributed by atoms with Gasteiger partial charge in [0.25, 0.3) is 5.91 Å². The Labute approximate surface area is 194 Å². The van der Waals surface area contributed by atoms with Crippen LogP contribution >= 0.6 is 0 Å². The second-order valence-corrected chi connectivity index (χ2v) is 9.11. The predicted molar refractivity (Wildman–Crippen MR) is 129 cm³/mol. The molecule has 8 heteroatoms. The highest BCUT2D eigenvalue weighted by molar-refractivity contribution is 5.98. The first-order valence-electron chi connectivity index (χ1n) is 11.2. The van der Waals surface area contributed by atoms with E-state index in [4.69, 9.17) is 4.74 Å². The highest BCUT2D eigenvalue weighted by atomic mass is 16.5. The summed E-state index contributed by atoms with van der Waals surface area (Å²) < 4.78 is 5.53. The van der Waals surface area contributed by atoms with Crippen LogP contribution in [0, 0.1) is 5.41 Å². The molecule has 1 heterocycles. The molecule has 0 bridgehead atoms. The van der Waals surface area contributed by atoms with E-state index < -0.39 is 5.41 Å². The summed E-state index contributed by atoms with van der Waals surface area (Å²) in [5.41, 5.74) is 1.86. The summed E-state index contributed by atoms with van der Waals surface area (Å²) in [6.07, 6.45) is 2.07. The van der Waals surface area contributed by atoms with Crippen LogP contribution in [-0.4, -0.2) is 43.5 Å². The topological polar surface area (TPSA) is 109 Å². The van der Waals surface area contributed by atoms with Gasteiger partial charge in [-0.25, -0.2) is 0 Å². The molecule has 0 spiro atoms. The lowest BCUT2D eigenvalue weighted by molar-refractivity contribution is -0.123. The van der Waals surface area contributed by atoms with Crippen molar-refractivity contribution < 1.29 is 19.1 Å². The van der Waals surface area contributed by atoms with Gasteiger partial charge in [0, 0.05) is 41.2 Å². The summed E-state index contributed by atoms with van der Waals surface area (Å²) in [7, 11) is 0. The van der Waals surface area contributed by atoms with Crippen molar-refractivity contribution >= 4 is 34.8 Å². The molecule has 2 aromatic carbocycles. The number of ether oxygens (including phenoxy) is 1. The van der Waals surface area contributed by atoms with Crippen molar-refractivity contribution in [3.63, 3.8) is 0 Å². The highest BCUT2D eigenvalue weighted by Gasteiger charge is 2.21. The third-order valence-electron chi connectivity index (χ3n) is 5.18. The van der Waals surface area contributed by atoms with Crippen LogP contribution in [0.15, 0.2) is 48.5 Å². The first-order valence-corrected chi connectivity index (χ1v) is 11.2. The molecule has 1 unspecified atom stereocenters. The van der Waals surface area contributed by atoms with Gasteiger partial charge in [0.15, 0.2) is 0 Å². The van der Waals surface area contributed by atoms with Crippen LogP contribution < -0.4 is 21.3 Å². The summed E-state index contributed by atoms with van der Waals surface area (Å²) in [5.74, 6) is -0.525. The van der Waals surface area contributed by atoms with Gasteiger partial charge in [0.1, 0.15) is 0 Å². The van der Waals surface area contributed by atoms with Gasteiger partial charge in [0.05, 0.1) is 12.6 Å². The number of benzene rings is 2. The molecule has 4 N–H and O–H groups in total. The average molecular weight is 453 g/mol. The Morgan fingerprint density at radius 1 is 0.970 bits per heavy atom. The van der Waals surface area contributed by atoms with Gasteiger partial charge in [-0.1, -0.05) is 32.9 Å². The molecule has 33 heavy (non-hydrogen) atoms. The Balaban J connectivity index is 1.49. The van der Waals surface area contributed by atoms with E-state index in [2.05, 4.69) is 21.3 Å². The summed E-state index contributed by atoms with van der Waals surface area (Å²) >= 11 is 0. The lowest BCUT2D eigenvalue weighted by atomic mass is 9.95. The van der Waals surface area contributed by atoms with Crippen LogP contribution in [0.1, 0.15) is 44.0 Å². The quantitative estimate of drug-likeness (QED) is 0.489. The zero-order valence-electron chi connectivity index (χ0n) is 19.4. The fourth-order valence-electron chi connectivity index (χ4n) is 3.27. The summed E-state index contributed by atoms with van der Waals surface area (Å²) in [6.45, 7) is 6.78. The fourth-order valence-corrected chi connectivity index (χ4v) is 3.27. The van der Waals surface area contributed by atoms with Crippen LogP contribution in [0.2, 0.25) is 0 Å². The Hall–Kier alpha value is -3.39. The van der Waals surface area contributed by atoms with Crippen molar-refractivity contribution in [2.75, 3.05) is 35.6 Å². The molecule has 8 nitrogen and oxygen atoms in total. The smallest absolute Gasteiger partial charge is 0.251 e. The van der Waals surface area contributed by atoms with Crippen LogP contribution in [0.25, 0.3) is 0 Å². The minimum Gasteiger partial charge on any atom is -0.376 e. The molecule has 176 valence electrons. The van der Waals surface area contributed by atoms with Gasteiger partial charge in [-0.3, -0.25) is 14.4 Å². The number of anilines is 3. The highest BCUT2D eigenvalue weighted by Crippen LogP contribution is 2.20. The van der Waals surface area contributed by atoms with Crippen LogP contribution in [0.5, 0.6) is 0 Å². The van der Waals surface area contributed by atoms with E-state index in [1.807, 2.05) is 20.8 Å². The molecule has 0 aliphatic carbocycles. The third-order valence-corrected chi connectivity index (χ3v) is 5.18. The number of nitrogens with one attached hydrogen (secondary N) is 4. The van der Waals surface area contributed by atoms with E-state index in [1.54, 1.807) is 48.5 Å². The summed E-state index contributed by atoms with van der Waals surface area (Å²) in [6, 6.07) is 14.0. The Bertz CT molecular complexity index is 994. The normalized spacial score (nSPS) is 15.5. The van der Waals surface area contributed by atoms with Crippen LogP contribution in [-0.2, 0) is 14.3 Å². The van der Waals surface area contributed by atoms with Gasteiger partial charge < -0.3 is 26.0 Å². The molecule has 2 aromatic rings. The molecule has 3 amide bonds. The number of hydrogen-bond acceptors (Lipinski definition) is 5. The standard InChI is InChI=1S/C25H32N4O4/c1-25(2,3)24(32)29-20-10-5-9-19(14-20)28-22(30)16-26-18-8-4-7-17(13-18)23(31)27-15-21-11-6-12-33-21/h4-5,7-10,13-14,21,26H,6,11-12,15-16H2,1-3H3,(H,27,31)(H,28,30)(H,29,32). The van der Waals surface area contributed by atoms with E-state index in [-0.39, 0.29) is 30.4 Å². The SMILES string of the molecule is CC(C)(C)C(=O)Nc1cccc(NC(=O)CNc2cccc(C(=O)NCC3CCCO3)c2)c1. The van der Waals surface area contributed by atoms with Gasteiger partial charge >= 0.3 is 0 Å². The molecule has 1 saturated heterocycles.